The summed E-state index contributed by atoms with van der Waals surface area (Å²) in [5.41, 5.74) is 5.27. The summed E-state index contributed by atoms with van der Waals surface area (Å²) in [5.74, 6) is 0. The average Bonchev–Trinajstić information content (AvgIpc) is 2.19. The molecule has 0 amide bonds. The first-order valence-electron chi connectivity index (χ1n) is 5.01. The van der Waals surface area contributed by atoms with Gasteiger partial charge >= 0.3 is 0 Å². The lowest BCUT2D eigenvalue weighted by Gasteiger charge is -2.29. The second-order valence-corrected chi connectivity index (χ2v) is 3.67. The summed E-state index contributed by atoms with van der Waals surface area (Å²) in [5, 5.41) is 0. The Balaban J connectivity index is 3.01. The number of rotatable bonds is 2. The molecule has 0 radical (unpaired) electrons. The van der Waals surface area contributed by atoms with Gasteiger partial charge < -0.3 is 4.90 Å². The van der Waals surface area contributed by atoms with Gasteiger partial charge in [0.25, 0.3) is 0 Å². The molecule has 1 rings (SSSR count). The topological polar surface area (TPSA) is 3.24 Å². The van der Waals surface area contributed by atoms with Gasteiger partial charge in [-0.2, -0.15) is 0 Å². The van der Waals surface area contributed by atoms with Crippen LogP contribution >= 0.6 is 0 Å². The maximum atomic E-state index is 3.83. The first-order chi connectivity index (χ1) is 6.61. The number of likely N-dealkylation sites (N-methyl/N-ethyl adjacent to an activating group) is 1. The van der Waals surface area contributed by atoms with Gasteiger partial charge in [-0.15, -0.1) is 0 Å². The van der Waals surface area contributed by atoms with Crippen LogP contribution in [0, 0.1) is 0 Å². The van der Waals surface area contributed by atoms with Crippen LogP contribution in [0.25, 0.3) is 0 Å². The zero-order chi connectivity index (χ0) is 10.7. The largest absolute Gasteiger partial charge is 0.348 e. The third-order valence-corrected chi connectivity index (χ3v) is 2.91. The summed E-state index contributed by atoms with van der Waals surface area (Å²) in [6.45, 7) is 10.2. The molecule has 1 aliphatic heterocycles. The average molecular weight is 189 g/mol. The van der Waals surface area contributed by atoms with Gasteiger partial charge in [0.1, 0.15) is 0 Å². The van der Waals surface area contributed by atoms with E-state index in [0.717, 1.165) is 6.42 Å². The minimum absolute atomic E-state index is 1.05. The molecule has 0 saturated heterocycles. The summed E-state index contributed by atoms with van der Waals surface area (Å²) in [4.78, 5) is 2.23. The van der Waals surface area contributed by atoms with Crippen LogP contribution in [-0.4, -0.2) is 11.9 Å². The van der Waals surface area contributed by atoms with E-state index >= 15 is 0 Å². The van der Waals surface area contributed by atoms with Crippen LogP contribution in [0.2, 0.25) is 0 Å². The molecule has 0 aromatic rings. The first kappa shape index (κ1) is 10.8. The standard InChI is InChI=1S/C13H19N/c1-6-12(7-2)13-9-8-10(3)11(4)14(13)5/h6-7,9H,1,8H2,2-5H3/b12-7+. The SMILES string of the molecule is C=C/C(=C\C)C1=CCC(C)=C(C)N1C. The van der Waals surface area contributed by atoms with Crippen molar-refractivity contribution in [3.8, 4) is 0 Å². The predicted molar refractivity (Wildman–Crippen MR) is 62.8 cm³/mol. The molecule has 14 heavy (non-hydrogen) atoms. The molecule has 76 valence electrons. The quantitative estimate of drug-likeness (QED) is 0.599. The van der Waals surface area contributed by atoms with E-state index in [1.54, 1.807) is 0 Å². The molecule has 1 heteroatoms. The van der Waals surface area contributed by atoms with Gasteiger partial charge in [-0.3, -0.25) is 0 Å². The van der Waals surface area contributed by atoms with Gasteiger partial charge in [0, 0.05) is 18.4 Å². The van der Waals surface area contributed by atoms with Gasteiger partial charge in [0.15, 0.2) is 0 Å². The second-order valence-electron chi connectivity index (χ2n) is 3.67. The Bertz CT molecular complexity index is 329. The molecule has 0 saturated carbocycles. The number of allylic oxidation sites excluding steroid dienone is 5. The van der Waals surface area contributed by atoms with Gasteiger partial charge in [-0.05, 0) is 32.8 Å². The maximum absolute atomic E-state index is 3.83. The van der Waals surface area contributed by atoms with Crippen LogP contribution in [0.5, 0.6) is 0 Å². The number of hydrogen-bond donors (Lipinski definition) is 0. The van der Waals surface area contributed by atoms with E-state index in [1.807, 2.05) is 13.0 Å². The molecule has 0 spiro atoms. The Morgan fingerprint density at radius 3 is 2.64 bits per heavy atom. The Morgan fingerprint density at radius 1 is 1.50 bits per heavy atom. The van der Waals surface area contributed by atoms with Crippen molar-refractivity contribution in [1.29, 1.82) is 0 Å². The van der Waals surface area contributed by atoms with Crippen molar-refractivity contribution in [2.75, 3.05) is 7.05 Å². The molecule has 0 atom stereocenters. The van der Waals surface area contributed by atoms with Crippen molar-refractivity contribution in [2.24, 2.45) is 0 Å². The van der Waals surface area contributed by atoms with E-state index in [4.69, 9.17) is 0 Å². The van der Waals surface area contributed by atoms with Gasteiger partial charge in [0.05, 0.1) is 0 Å². The molecular formula is C13H19N. The fourth-order valence-electron chi connectivity index (χ4n) is 1.68. The van der Waals surface area contributed by atoms with Crippen LogP contribution in [0.15, 0.2) is 47.3 Å². The van der Waals surface area contributed by atoms with E-state index < -0.39 is 0 Å². The minimum Gasteiger partial charge on any atom is -0.348 e. The monoisotopic (exact) mass is 189 g/mol. The lowest BCUT2D eigenvalue weighted by atomic mass is 10.0. The highest BCUT2D eigenvalue weighted by Crippen LogP contribution is 2.27. The second kappa shape index (κ2) is 4.32. The molecular weight excluding hydrogens is 170 g/mol. The fraction of sp³-hybridized carbons (Fsp3) is 0.385. The third kappa shape index (κ3) is 1.82. The van der Waals surface area contributed by atoms with E-state index in [-0.39, 0.29) is 0 Å². The summed E-state index contributed by atoms with van der Waals surface area (Å²) < 4.78 is 0. The van der Waals surface area contributed by atoms with Gasteiger partial charge in [0.2, 0.25) is 0 Å². The van der Waals surface area contributed by atoms with Crippen molar-refractivity contribution in [1.82, 2.24) is 4.90 Å². The molecule has 0 aliphatic carbocycles. The summed E-state index contributed by atoms with van der Waals surface area (Å²) in [6, 6.07) is 0. The predicted octanol–water partition coefficient (Wildman–Crippen LogP) is 3.63. The highest BCUT2D eigenvalue weighted by atomic mass is 15.1. The number of nitrogens with zero attached hydrogens (tertiary/aromatic N) is 1. The van der Waals surface area contributed by atoms with Crippen LogP contribution in [-0.2, 0) is 0 Å². The van der Waals surface area contributed by atoms with Crippen LogP contribution in [0.3, 0.4) is 0 Å². The normalized spacial score (nSPS) is 18.4. The van der Waals surface area contributed by atoms with Crippen molar-refractivity contribution in [3.63, 3.8) is 0 Å². The molecule has 1 nitrogen and oxygen atoms in total. The van der Waals surface area contributed by atoms with Crippen LogP contribution in [0.1, 0.15) is 27.2 Å². The Labute approximate surface area is 87.1 Å². The fourth-order valence-corrected chi connectivity index (χ4v) is 1.68. The lowest BCUT2D eigenvalue weighted by Crippen LogP contribution is -2.20. The Hall–Kier alpha value is -1.24. The zero-order valence-electron chi connectivity index (χ0n) is 9.59. The van der Waals surface area contributed by atoms with E-state index in [0.29, 0.717) is 0 Å². The summed E-state index contributed by atoms with van der Waals surface area (Å²) in [6.07, 6.45) is 7.33. The highest BCUT2D eigenvalue weighted by molar-refractivity contribution is 5.42. The molecule has 0 unspecified atom stereocenters. The smallest absolute Gasteiger partial charge is 0.0438 e. The van der Waals surface area contributed by atoms with Crippen molar-refractivity contribution in [2.45, 2.75) is 27.2 Å². The molecule has 0 fully saturated rings. The zero-order valence-corrected chi connectivity index (χ0v) is 9.59. The third-order valence-electron chi connectivity index (χ3n) is 2.91. The highest BCUT2D eigenvalue weighted by Gasteiger charge is 2.14. The Kier molecular flexibility index (Phi) is 3.34. The Morgan fingerprint density at radius 2 is 2.14 bits per heavy atom. The van der Waals surface area contributed by atoms with E-state index in [2.05, 4.69) is 44.5 Å². The molecule has 0 bridgehead atoms. The van der Waals surface area contributed by atoms with Crippen LogP contribution in [0.4, 0.5) is 0 Å². The number of hydrogen-bond acceptors (Lipinski definition) is 1. The molecule has 0 aromatic carbocycles. The van der Waals surface area contributed by atoms with Crippen molar-refractivity contribution < 1.29 is 0 Å². The van der Waals surface area contributed by atoms with E-state index in [1.165, 1.54) is 22.5 Å². The summed E-state index contributed by atoms with van der Waals surface area (Å²) >= 11 is 0. The van der Waals surface area contributed by atoms with Crippen LogP contribution < -0.4 is 0 Å². The van der Waals surface area contributed by atoms with Crippen molar-refractivity contribution >= 4 is 0 Å². The van der Waals surface area contributed by atoms with Crippen molar-refractivity contribution in [3.05, 3.63) is 47.3 Å². The molecule has 1 heterocycles. The maximum Gasteiger partial charge on any atom is 0.0438 e. The molecule has 0 aromatic heterocycles. The molecule has 1 aliphatic rings. The van der Waals surface area contributed by atoms with Gasteiger partial charge in [-0.25, -0.2) is 0 Å². The summed E-state index contributed by atoms with van der Waals surface area (Å²) in [7, 11) is 2.11. The first-order valence-corrected chi connectivity index (χ1v) is 5.01. The molecule has 0 N–H and O–H groups in total. The lowest BCUT2D eigenvalue weighted by molar-refractivity contribution is 0.509. The van der Waals surface area contributed by atoms with Gasteiger partial charge in [-0.1, -0.05) is 30.4 Å². The minimum atomic E-state index is 1.05. The van der Waals surface area contributed by atoms with E-state index in [9.17, 15) is 0 Å².